The summed E-state index contributed by atoms with van der Waals surface area (Å²) in [7, 11) is 0.622. The fourth-order valence-corrected chi connectivity index (χ4v) is 12.6. The molecule has 1 saturated heterocycles. The van der Waals surface area contributed by atoms with E-state index >= 15 is 0 Å². The average Bonchev–Trinajstić information content (AvgIpc) is 1.74. The van der Waals surface area contributed by atoms with Crippen molar-refractivity contribution in [3.05, 3.63) is 219 Å². The van der Waals surface area contributed by atoms with Gasteiger partial charge in [0.1, 0.15) is 22.7 Å². The maximum atomic E-state index is 11.7. The Morgan fingerprint density at radius 3 is 1.07 bits per heavy atom. The summed E-state index contributed by atoms with van der Waals surface area (Å²) in [5.41, 5.74) is 16.1. The summed E-state index contributed by atoms with van der Waals surface area (Å²) in [6.07, 6.45) is 9.34. The fourth-order valence-electron chi connectivity index (χ4n) is 10.8. The van der Waals surface area contributed by atoms with Crippen LogP contribution in [-0.4, -0.2) is 134 Å². The molecule has 0 radical (unpaired) electrons. The first-order valence-corrected chi connectivity index (χ1v) is 61.6. The first-order chi connectivity index (χ1) is 65.5. The number of benzene rings is 6. The number of terminal acetylenes is 1. The minimum atomic E-state index is -3.15. The maximum absolute atomic E-state index is 11.7. The molecule has 0 spiro atoms. The second-order valence-corrected chi connectivity index (χ2v) is 31.3. The molecule has 2 N–H and O–H groups in total. The van der Waals surface area contributed by atoms with E-state index in [1.807, 2.05) is 98.8 Å². The summed E-state index contributed by atoms with van der Waals surface area (Å²) in [6.45, 7) is 22.4. The Balaban J connectivity index is -0.0000000677. The van der Waals surface area contributed by atoms with E-state index in [4.69, 9.17) is 50.7 Å². The second kappa shape index (κ2) is 66.3. The van der Waals surface area contributed by atoms with Crippen LogP contribution in [0.5, 0.6) is 11.5 Å². The van der Waals surface area contributed by atoms with Crippen molar-refractivity contribution in [2.45, 2.75) is 98.6 Å². The molecule has 8 aromatic rings. The molecule has 6 aromatic carbocycles. The molecular formula is C112H128BBrIK3N3O12P3. The number of methoxy groups -OCH3 is 2. The molecule has 136 heavy (non-hydrogen) atoms. The molecule has 3 aliphatic rings. The van der Waals surface area contributed by atoms with Crippen molar-refractivity contribution in [1.29, 1.82) is 1.28 Å². The summed E-state index contributed by atoms with van der Waals surface area (Å²) in [4.78, 5) is 38.9. The molecule has 0 bridgehead atoms. The summed E-state index contributed by atoms with van der Waals surface area (Å²) < 4.78 is 58.4. The van der Waals surface area contributed by atoms with E-state index in [-0.39, 0.29) is 124 Å². The summed E-state index contributed by atoms with van der Waals surface area (Å²) in [6, 6.07) is 52.5. The number of aromatic nitrogens is 2. The van der Waals surface area contributed by atoms with Gasteiger partial charge in [-0.2, -0.15) is 0 Å². The van der Waals surface area contributed by atoms with Gasteiger partial charge in [0, 0.05) is 239 Å². The standard InChI is InChI=1S/C45H4.C30H27NO3.C18H22BNO4.C18H17BrO.CH4INP2.3K.HO4P.27H2/c1-3-5-7-9-11-13-15-17-19-21-23-25-27-29-31-33-35-37-39-41-43-45-44-42-40-38-36-34-32-30-28-26-24-22-20-18-16-14-12-10-8-6-4-2;1-19-5-7-20(8-6-19)25-18-30(2,3)34-28-16-13-23(17-24(25)28)27-15-14-26(31-27)21-9-11-22(12-10-21)29(32)33-4;1-17(2)18(3,4)24-19(23-17)15-11-10-14(20-15)12-6-8-13(9-7-12)16(21)22-5;1-12-4-6-13(7-5-12)16-11-18(2,3)20-17-9-8-14(19)10-15(16)17;2-1-3-5-4;;;;1-4-5(2)3;;;;;;;;;;;;;;;;;;;;;;;;;;;/h1H,2H3;5-18,31H,1-4H3;6-11,20H,1-5H3;4-11H,1-3H3;1,5H,4H2;;;;1H;27*1H/q;;;;;;;+1;;;;;;;;;;;;;;;;;;;;;;;;;;;;/p-1/i;;;;5D;;;;;;;;;;;;;;;;;;;;;;;;;;;;;;;. The van der Waals surface area contributed by atoms with Crippen molar-refractivity contribution in [2.75, 3.05) is 14.2 Å². The Morgan fingerprint density at radius 1 is 0.485 bits per heavy atom. The number of nitrogens with zero attached hydrogens (tertiary/aromatic N) is 1. The van der Waals surface area contributed by atoms with Gasteiger partial charge in [0.15, 0.2) is 0 Å². The molecule has 1 fully saturated rings. The molecule has 0 saturated carbocycles. The molecule has 24 heteroatoms. The zero-order valence-corrected chi connectivity index (χ0v) is 93.0. The van der Waals surface area contributed by atoms with Crippen LogP contribution in [0, 0.1) is 275 Å². The molecule has 3 aliphatic heterocycles. The van der Waals surface area contributed by atoms with E-state index < -0.39 is 23.7 Å². The van der Waals surface area contributed by atoms with E-state index in [1.54, 1.807) is 35.4 Å². The summed E-state index contributed by atoms with van der Waals surface area (Å²) in [5, 5.41) is 8.53. The predicted molar refractivity (Wildman–Crippen MR) is 612 cm³/mol. The Bertz CT molecular complexity index is 7530. The van der Waals surface area contributed by atoms with Gasteiger partial charge in [0.05, 0.1) is 42.0 Å². The van der Waals surface area contributed by atoms with Gasteiger partial charge >= 0.3 is 142 Å². The molecule has 0 aliphatic carbocycles. The summed E-state index contributed by atoms with van der Waals surface area (Å²) in [5.74, 6) is 108. The molecule has 3 unspecified atom stereocenters. The molecule has 698 valence electrons. The van der Waals surface area contributed by atoms with E-state index in [2.05, 4.69) is 437 Å². The number of nitrogens with one attached hydrogen (secondary N) is 2. The van der Waals surface area contributed by atoms with Crippen molar-refractivity contribution >= 4 is 167 Å². The van der Waals surface area contributed by atoms with Crippen LogP contribution in [0.3, 0.4) is 0 Å². The molecule has 2 aromatic heterocycles. The second-order valence-electron chi connectivity index (χ2n) is 28.1. The third-order valence-electron chi connectivity index (χ3n) is 17.3. The Hall–Kier alpha value is -11.2. The first-order valence-electron chi connectivity index (χ1n) is 40.4. The number of aromatic amines is 2. The van der Waals surface area contributed by atoms with Gasteiger partial charge in [-0.25, -0.2) is 14.3 Å². The number of hydrogen-bond acceptors (Lipinski definition) is 13. The van der Waals surface area contributed by atoms with Crippen molar-refractivity contribution in [2.24, 2.45) is 4.76 Å². The van der Waals surface area contributed by atoms with Crippen LogP contribution in [-0.2, 0) is 28.0 Å². The molecular weight excluding hydrogens is 2010 g/mol. The van der Waals surface area contributed by atoms with Gasteiger partial charge in [-0.05, 0) is 334 Å². The van der Waals surface area contributed by atoms with Gasteiger partial charge in [0.2, 0.25) is 0 Å². The molecule has 3 atom stereocenters. The normalized spacial score (nSPS) is 11.6. The third-order valence-corrected chi connectivity index (χ3v) is 19.3. The van der Waals surface area contributed by atoms with Crippen LogP contribution in [0.2, 0.25) is 0 Å². The number of aryl methyl sites for hydroxylation is 2. The first kappa shape index (κ1) is 115. The van der Waals surface area contributed by atoms with E-state index in [0.29, 0.717) is 11.1 Å². The monoisotopic (exact) mass is 2130 g/mol. The van der Waals surface area contributed by atoms with Crippen molar-refractivity contribution in [1.82, 2.24) is 9.97 Å². The Morgan fingerprint density at radius 2 is 0.772 bits per heavy atom. The van der Waals surface area contributed by atoms with Crippen LogP contribution in [0.1, 0.15) is 155 Å². The number of esters is 2. The number of halogens is 2. The zero-order chi connectivity index (χ0) is 99.4. The zero-order valence-electron chi connectivity index (χ0n) is 78.0. The van der Waals surface area contributed by atoms with E-state index in [1.165, 1.54) is 111 Å². The molecule has 5 heterocycles. The minimum absolute atomic E-state index is 0. The topological polar surface area (TPSA) is 206 Å². The van der Waals surface area contributed by atoms with Crippen LogP contribution >= 0.6 is 64.1 Å². The van der Waals surface area contributed by atoms with Crippen LogP contribution < -0.4 is 76.6 Å². The quantitative estimate of drug-likeness (QED) is 0.0192. The van der Waals surface area contributed by atoms with Gasteiger partial charge in [0.25, 0.3) is 0 Å². The van der Waals surface area contributed by atoms with Gasteiger partial charge < -0.3 is 48.4 Å². The predicted octanol–water partition coefficient (Wildman–Crippen LogP) is 18.9. The van der Waals surface area contributed by atoms with Gasteiger partial charge in [-0.3, -0.25) is 4.76 Å². The molecule has 11 rings (SSSR count). The van der Waals surface area contributed by atoms with Crippen LogP contribution in [0.4, 0.5) is 0 Å². The fraction of sp³-hybridized carbons (Fsp3) is 0.152. The van der Waals surface area contributed by atoms with E-state index in [9.17, 15) is 9.59 Å². The Kier molecular flexibility index (Phi) is 56.3. The average molecular weight is 2140 g/mol. The Labute approximate surface area is 956 Å². The number of carbonyl (C=O) groups excluding carboxylic acids is 2. The molecule has 15 nitrogen and oxygen atoms in total. The van der Waals surface area contributed by atoms with Crippen molar-refractivity contribution in [3.63, 3.8) is 0 Å². The van der Waals surface area contributed by atoms with E-state index in [0.717, 1.165) is 66.5 Å². The van der Waals surface area contributed by atoms with Crippen molar-refractivity contribution in [3.8, 4) is 306 Å². The number of rotatable bonds is 10. The summed E-state index contributed by atoms with van der Waals surface area (Å²) >= 11 is 8.04. The number of fused-ring (bicyclic) bond motifs is 2. The third kappa shape index (κ3) is 44.8. The number of ether oxygens (including phenoxy) is 4. The molecule has 0 amide bonds. The number of H-pyrrole nitrogens is 2. The number of carbonyl (C=O) groups is 2. The van der Waals surface area contributed by atoms with Crippen LogP contribution in [0.25, 0.3) is 44.9 Å². The number of hydrogen-bond donors (Lipinski definition) is 2. The van der Waals surface area contributed by atoms with Crippen LogP contribution in [0.15, 0.2) is 179 Å². The van der Waals surface area contributed by atoms with Crippen molar-refractivity contribution < 1.29 is 147 Å². The SMILES string of the molecule is C#CC#CC#CC#CC#CC#CC#CC#CC#CC#CC#CC#CC#CC#CC#CC#CC#CC#CC#CC#CC#CC#CC.COC(=O)c1ccc(-c2ccc(-c3ccc4c(c3)C(c3ccc(C)cc3)=CC(C)(C)O4)[nH]2)cc1.COC(=O)c1ccc(-c2ccc(B3OC(C)(C)C(C)(C)O3)[nH]2)cc1.Cc1ccc(C2=CC(C)(C)Oc3ccc(Br)cc32)cc1.O=[P+]([O-])O[O-].[2H]P(P)N=CI.[HH].[HH].[HH].[HH].[HH].[HH].[HH].[HH].[HH].[HH].[HH].[HH].[HH].[HH].[HH].[HH].[HH].[HH].[HH].[HH].[HH].[HH].[HH].[HH].[HH].[HH].[HH].[K+].[K][K]. The van der Waals surface area contributed by atoms with Gasteiger partial charge in [-0.1, -0.05) is 115 Å². The van der Waals surface area contributed by atoms with Gasteiger partial charge in [-0.15, -0.1) is 6.42 Å².